The van der Waals surface area contributed by atoms with E-state index in [1.807, 2.05) is 0 Å². The van der Waals surface area contributed by atoms with E-state index in [0.717, 1.165) is 67.0 Å². The van der Waals surface area contributed by atoms with Crippen molar-refractivity contribution < 1.29 is 22.7 Å². The molecule has 0 spiro atoms. The summed E-state index contributed by atoms with van der Waals surface area (Å²) in [6.07, 6.45) is 9.25. The van der Waals surface area contributed by atoms with Crippen molar-refractivity contribution in [1.29, 1.82) is 0 Å². The molecule has 2 aliphatic rings. The van der Waals surface area contributed by atoms with Crippen molar-refractivity contribution in [1.82, 2.24) is 0 Å². The minimum atomic E-state index is -4.04. The average Bonchev–Trinajstić information content (AvgIpc) is 3.38. The van der Waals surface area contributed by atoms with Gasteiger partial charge in [0.15, 0.2) is 0 Å². The quantitative estimate of drug-likeness (QED) is 0.376. The summed E-state index contributed by atoms with van der Waals surface area (Å²) in [4.78, 5) is 26.1. The molecule has 6 nitrogen and oxygen atoms in total. The Labute approximate surface area is 200 Å². The number of carbonyl (C=O) groups excluding carboxylic acids is 2. The number of carbonyl (C=O) groups is 2. The summed E-state index contributed by atoms with van der Waals surface area (Å²) < 4.78 is 33.8. The molecule has 0 bridgehead atoms. The molecule has 1 amide bonds. The van der Waals surface area contributed by atoms with Crippen molar-refractivity contribution in [3.05, 3.63) is 41.3 Å². The number of ether oxygens (including phenoxy) is 1. The fourth-order valence-electron chi connectivity index (χ4n) is 4.84. The van der Waals surface area contributed by atoms with Crippen molar-refractivity contribution in [3.8, 4) is 5.75 Å². The van der Waals surface area contributed by atoms with Crippen molar-refractivity contribution in [2.24, 2.45) is 11.8 Å². The zero-order chi connectivity index (χ0) is 23.4. The zero-order valence-corrected chi connectivity index (χ0v) is 20.6. The zero-order valence-electron chi connectivity index (χ0n) is 19.0. The normalized spacial score (nSPS) is 18.1. The van der Waals surface area contributed by atoms with Crippen molar-refractivity contribution in [2.75, 3.05) is 4.31 Å². The first-order valence-electron chi connectivity index (χ1n) is 11.8. The van der Waals surface area contributed by atoms with Gasteiger partial charge in [-0.05, 0) is 67.8 Å². The second-order valence-corrected chi connectivity index (χ2v) is 12.0. The van der Waals surface area contributed by atoms with Crippen LogP contribution in [0.2, 0.25) is 0 Å². The number of thiophene rings is 1. The molecule has 1 aromatic heterocycles. The van der Waals surface area contributed by atoms with E-state index in [1.165, 1.54) is 6.07 Å². The number of sulfonamides is 1. The fraction of sp³-hybridized carbons (Fsp3) is 0.520. The van der Waals surface area contributed by atoms with Crippen LogP contribution in [0.15, 0.2) is 39.9 Å². The monoisotopic (exact) mass is 489 g/mol. The first-order chi connectivity index (χ1) is 15.9. The van der Waals surface area contributed by atoms with Gasteiger partial charge in [-0.2, -0.15) is 8.42 Å². The van der Waals surface area contributed by atoms with Crippen LogP contribution in [0.3, 0.4) is 0 Å². The van der Waals surface area contributed by atoms with Crippen LogP contribution in [0, 0.1) is 18.8 Å². The number of esters is 1. The molecule has 2 fully saturated rings. The highest BCUT2D eigenvalue weighted by molar-refractivity contribution is 7.95. The molecule has 1 heterocycles. The highest BCUT2D eigenvalue weighted by Gasteiger charge is 2.37. The fourth-order valence-corrected chi connectivity index (χ4v) is 7.44. The smallest absolute Gasteiger partial charge is 0.314 e. The Morgan fingerprint density at radius 2 is 1.58 bits per heavy atom. The van der Waals surface area contributed by atoms with Gasteiger partial charge in [0.1, 0.15) is 9.96 Å². The Kier molecular flexibility index (Phi) is 7.54. The average molecular weight is 490 g/mol. The van der Waals surface area contributed by atoms with Gasteiger partial charge in [-0.1, -0.05) is 44.6 Å². The summed E-state index contributed by atoms with van der Waals surface area (Å²) in [5.74, 6) is -0.620. The van der Waals surface area contributed by atoms with Gasteiger partial charge >= 0.3 is 5.97 Å². The lowest BCUT2D eigenvalue weighted by atomic mass is 9.88. The number of amides is 1. The maximum atomic E-state index is 13.5. The van der Waals surface area contributed by atoms with Crippen LogP contribution in [-0.2, 0) is 19.6 Å². The van der Waals surface area contributed by atoms with Gasteiger partial charge in [0.2, 0.25) is 5.91 Å². The first-order valence-corrected chi connectivity index (χ1v) is 14.1. The molecule has 4 rings (SSSR count). The molecule has 1 aromatic carbocycles. The SMILES string of the molecule is Cc1cc(OC(=O)C2CCCCC2)ccc1N(C(=O)C1CCCCC1)S(=O)(=O)c1cccs1. The molecule has 178 valence electrons. The van der Waals surface area contributed by atoms with E-state index in [4.69, 9.17) is 4.74 Å². The third-order valence-corrected chi connectivity index (χ3v) is 9.77. The van der Waals surface area contributed by atoms with Gasteiger partial charge in [0.05, 0.1) is 11.6 Å². The summed E-state index contributed by atoms with van der Waals surface area (Å²) in [5, 5.41) is 1.69. The highest BCUT2D eigenvalue weighted by atomic mass is 32.2. The minimum absolute atomic E-state index is 0.0812. The largest absolute Gasteiger partial charge is 0.426 e. The summed E-state index contributed by atoms with van der Waals surface area (Å²) in [5.41, 5.74) is 0.893. The van der Waals surface area contributed by atoms with Crippen LogP contribution in [0.1, 0.15) is 69.8 Å². The standard InChI is InChI=1S/C25H31NO5S2/c1-18-17-21(31-25(28)20-11-6-3-7-12-20)14-15-22(18)26(24(27)19-9-4-2-5-10-19)33(29,30)23-13-8-16-32-23/h8,13-17,19-20H,2-7,9-12H2,1H3. The van der Waals surface area contributed by atoms with E-state index in [2.05, 4.69) is 0 Å². The lowest BCUT2D eigenvalue weighted by Gasteiger charge is -2.29. The molecule has 33 heavy (non-hydrogen) atoms. The van der Waals surface area contributed by atoms with Crippen LogP contribution >= 0.6 is 11.3 Å². The van der Waals surface area contributed by atoms with Gasteiger partial charge in [-0.25, -0.2) is 4.31 Å². The summed E-state index contributed by atoms with van der Waals surface area (Å²) in [6, 6.07) is 8.03. The van der Waals surface area contributed by atoms with E-state index < -0.39 is 10.0 Å². The molecule has 8 heteroatoms. The third kappa shape index (κ3) is 5.32. The molecule has 2 saturated carbocycles. The van der Waals surface area contributed by atoms with Crippen molar-refractivity contribution in [3.63, 3.8) is 0 Å². The van der Waals surface area contributed by atoms with Gasteiger partial charge in [0, 0.05) is 5.92 Å². The summed E-state index contributed by atoms with van der Waals surface area (Å²) in [6.45, 7) is 1.75. The third-order valence-electron chi connectivity index (χ3n) is 6.69. The van der Waals surface area contributed by atoms with Crippen LogP contribution in [-0.4, -0.2) is 20.3 Å². The molecule has 0 N–H and O–H groups in total. The molecular weight excluding hydrogens is 458 g/mol. The van der Waals surface area contributed by atoms with Crippen LogP contribution in [0.4, 0.5) is 5.69 Å². The molecule has 0 saturated heterocycles. The van der Waals surface area contributed by atoms with E-state index >= 15 is 0 Å². The number of anilines is 1. The Bertz CT molecular complexity index is 1080. The van der Waals surface area contributed by atoms with Crippen LogP contribution in [0.5, 0.6) is 5.75 Å². The van der Waals surface area contributed by atoms with Crippen LogP contribution < -0.4 is 9.04 Å². The second-order valence-electron chi connectivity index (χ2n) is 9.08. The Morgan fingerprint density at radius 1 is 0.939 bits per heavy atom. The number of hydrogen-bond donors (Lipinski definition) is 0. The van der Waals surface area contributed by atoms with E-state index in [0.29, 0.717) is 29.8 Å². The van der Waals surface area contributed by atoms with Crippen LogP contribution in [0.25, 0.3) is 0 Å². The number of nitrogens with zero attached hydrogens (tertiary/aromatic N) is 1. The lowest BCUT2D eigenvalue weighted by Crippen LogP contribution is -2.41. The Hall–Kier alpha value is -2.19. The van der Waals surface area contributed by atoms with Crippen molar-refractivity contribution in [2.45, 2.75) is 75.3 Å². The molecular formula is C25H31NO5S2. The van der Waals surface area contributed by atoms with E-state index in [9.17, 15) is 18.0 Å². The maximum Gasteiger partial charge on any atom is 0.314 e. The Balaban J connectivity index is 1.63. The second kappa shape index (κ2) is 10.4. The molecule has 2 aromatic rings. The van der Waals surface area contributed by atoms with Gasteiger partial charge in [-0.15, -0.1) is 11.3 Å². The molecule has 0 unspecified atom stereocenters. The van der Waals surface area contributed by atoms with E-state index in [1.54, 1.807) is 36.6 Å². The number of rotatable bonds is 6. The minimum Gasteiger partial charge on any atom is -0.426 e. The van der Waals surface area contributed by atoms with Gasteiger partial charge < -0.3 is 4.74 Å². The number of benzene rings is 1. The lowest BCUT2D eigenvalue weighted by molar-refractivity contribution is -0.140. The molecule has 0 atom stereocenters. The predicted molar refractivity (Wildman–Crippen MR) is 129 cm³/mol. The topological polar surface area (TPSA) is 80.8 Å². The van der Waals surface area contributed by atoms with Gasteiger partial charge in [-0.3, -0.25) is 9.59 Å². The number of hydrogen-bond acceptors (Lipinski definition) is 6. The maximum absolute atomic E-state index is 13.5. The summed E-state index contributed by atoms with van der Waals surface area (Å²) in [7, 11) is -4.04. The molecule has 0 aliphatic heterocycles. The van der Waals surface area contributed by atoms with E-state index in [-0.39, 0.29) is 27.9 Å². The highest BCUT2D eigenvalue weighted by Crippen LogP contribution is 2.35. The summed E-state index contributed by atoms with van der Waals surface area (Å²) >= 11 is 1.10. The predicted octanol–water partition coefficient (Wildman–Crippen LogP) is 5.84. The Morgan fingerprint density at radius 3 is 2.15 bits per heavy atom. The van der Waals surface area contributed by atoms with Gasteiger partial charge in [0.25, 0.3) is 10.0 Å². The van der Waals surface area contributed by atoms with Crippen molar-refractivity contribution >= 4 is 38.9 Å². The molecule has 0 radical (unpaired) electrons. The first kappa shape index (κ1) is 24.0. The molecule has 2 aliphatic carbocycles. The number of aryl methyl sites for hydroxylation is 1.